The van der Waals surface area contributed by atoms with Gasteiger partial charge in [0.25, 0.3) is 0 Å². The number of nitrogens with zero attached hydrogens (tertiary/aromatic N) is 1. The minimum atomic E-state index is -1.40. The highest BCUT2D eigenvalue weighted by Crippen LogP contribution is 2.43. The second-order valence-corrected chi connectivity index (χ2v) is 4.35. The molecular weight excluding hydrogens is 157 g/mol. The van der Waals surface area contributed by atoms with E-state index in [1.54, 1.807) is 0 Å². The van der Waals surface area contributed by atoms with Crippen LogP contribution in [0.4, 0.5) is 4.39 Å². The molecule has 3 heteroatoms. The Kier molecular flexibility index (Phi) is 1.88. The summed E-state index contributed by atoms with van der Waals surface area (Å²) in [6, 6.07) is 0.0764. The number of fused-ring (bicyclic) bond motifs is 2. The highest BCUT2D eigenvalue weighted by atomic mass is 19.1. The van der Waals surface area contributed by atoms with E-state index in [2.05, 4.69) is 6.92 Å². The lowest BCUT2D eigenvalue weighted by atomic mass is 9.79. The maximum atomic E-state index is 13.9. The molecule has 2 nitrogen and oxygen atoms in total. The van der Waals surface area contributed by atoms with Gasteiger partial charge in [0.15, 0.2) is 5.79 Å². The summed E-state index contributed by atoms with van der Waals surface area (Å²) in [5.74, 6) is -0.982. The van der Waals surface area contributed by atoms with Crippen molar-refractivity contribution >= 4 is 0 Å². The van der Waals surface area contributed by atoms with Crippen LogP contribution in [0.15, 0.2) is 0 Å². The van der Waals surface area contributed by atoms with Crippen molar-refractivity contribution in [1.82, 2.24) is 5.06 Å². The summed E-state index contributed by atoms with van der Waals surface area (Å²) in [4.78, 5) is 0. The van der Waals surface area contributed by atoms with Crippen molar-refractivity contribution in [3.63, 3.8) is 0 Å². The maximum absolute atomic E-state index is 13.9. The number of halogens is 1. The molecule has 0 aromatic rings. The van der Waals surface area contributed by atoms with Crippen LogP contribution in [0.25, 0.3) is 0 Å². The summed E-state index contributed by atoms with van der Waals surface area (Å²) in [5, 5.41) is 10.5. The molecule has 2 saturated heterocycles. The Balaban J connectivity index is 2.18. The smallest absolute Gasteiger partial charge is 0.185 e. The Morgan fingerprint density at radius 3 is 3.00 bits per heavy atom. The standard InChI is InChI=1S/C9H16FNO/c1-7-5-8-3-2-4-9(10,6-7)11(8)12/h7-8,12H,2-6H2,1H3/t7-,8?,9?/m1/s1. The number of hydroxylamine groups is 2. The number of hydrogen-bond donors (Lipinski definition) is 1. The van der Waals surface area contributed by atoms with Crippen molar-refractivity contribution in [2.45, 2.75) is 50.9 Å². The van der Waals surface area contributed by atoms with Crippen LogP contribution in [-0.4, -0.2) is 22.1 Å². The number of alkyl halides is 1. The highest BCUT2D eigenvalue weighted by molar-refractivity contribution is 4.92. The fourth-order valence-electron chi connectivity index (χ4n) is 2.67. The van der Waals surface area contributed by atoms with Gasteiger partial charge in [-0.15, -0.1) is 0 Å². The van der Waals surface area contributed by atoms with Crippen LogP contribution in [0.5, 0.6) is 0 Å². The molecule has 1 N–H and O–H groups in total. The Morgan fingerprint density at radius 2 is 2.33 bits per heavy atom. The third-order valence-electron chi connectivity index (χ3n) is 3.19. The number of hydrogen-bond acceptors (Lipinski definition) is 2. The van der Waals surface area contributed by atoms with Crippen LogP contribution < -0.4 is 0 Å². The lowest BCUT2D eigenvalue weighted by Gasteiger charge is -2.48. The molecule has 0 saturated carbocycles. The molecule has 2 bridgehead atoms. The Hall–Kier alpha value is -0.150. The number of piperidine rings is 2. The summed E-state index contributed by atoms with van der Waals surface area (Å²) < 4.78 is 13.9. The summed E-state index contributed by atoms with van der Waals surface area (Å²) >= 11 is 0. The van der Waals surface area contributed by atoms with Gasteiger partial charge in [0.05, 0.1) is 0 Å². The molecule has 0 aromatic heterocycles. The SMILES string of the molecule is C[C@@H]1CC2CCCC(F)(C1)N2O. The molecule has 70 valence electrons. The van der Waals surface area contributed by atoms with E-state index >= 15 is 0 Å². The van der Waals surface area contributed by atoms with Gasteiger partial charge in [0.1, 0.15) is 0 Å². The Morgan fingerprint density at radius 1 is 1.58 bits per heavy atom. The van der Waals surface area contributed by atoms with Crippen LogP contribution in [-0.2, 0) is 0 Å². The first-order chi connectivity index (χ1) is 5.62. The molecule has 0 aromatic carbocycles. The fraction of sp³-hybridized carbons (Fsp3) is 1.00. The molecular formula is C9H16FNO. The lowest BCUT2D eigenvalue weighted by molar-refractivity contribution is -0.294. The van der Waals surface area contributed by atoms with E-state index in [1.165, 1.54) is 0 Å². The van der Waals surface area contributed by atoms with Gasteiger partial charge in [0.2, 0.25) is 0 Å². The molecule has 0 radical (unpaired) electrons. The molecule has 2 unspecified atom stereocenters. The van der Waals surface area contributed by atoms with Crippen molar-refractivity contribution in [2.24, 2.45) is 5.92 Å². The zero-order valence-electron chi connectivity index (χ0n) is 7.46. The van der Waals surface area contributed by atoms with Gasteiger partial charge in [-0.3, -0.25) is 0 Å². The monoisotopic (exact) mass is 173 g/mol. The average Bonchev–Trinajstić information content (AvgIpc) is 1.95. The van der Waals surface area contributed by atoms with E-state index < -0.39 is 5.79 Å². The van der Waals surface area contributed by atoms with Gasteiger partial charge >= 0.3 is 0 Å². The van der Waals surface area contributed by atoms with Crippen LogP contribution >= 0.6 is 0 Å². The Bertz CT molecular complexity index is 187. The second kappa shape index (κ2) is 2.67. The van der Waals surface area contributed by atoms with Crippen molar-refractivity contribution in [3.8, 4) is 0 Å². The van der Waals surface area contributed by atoms with E-state index in [-0.39, 0.29) is 6.04 Å². The first kappa shape index (κ1) is 8.45. The summed E-state index contributed by atoms with van der Waals surface area (Å²) in [6.45, 7) is 2.07. The molecule has 3 atom stereocenters. The van der Waals surface area contributed by atoms with Gasteiger partial charge in [-0.25, -0.2) is 4.39 Å². The molecule has 0 amide bonds. The number of rotatable bonds is 0. The van der Waals surface area contributed by atoms with Gasteiger partial charge in [-0.05, 0) is 38.0 Å². The molecule has 0 spiro atoms. The van der Waals surface area contributed by atoms with Gasteiger partial charge in [-0.2, -0.15) is 5.06 Å². The van der Waals surface area contributed by atoms with Crippen molar-refractivity contribution in [1.29, 1.82) is 0 Å². The summed E-state index contributed by atoms with van der Waals surface area (Å²) in [6.07, 6.45) is 3.82. The first-order valence-corrected chi connectivity index (χ1v) is 4.79. The molecule has 0 aliphatic carbocycles. The summed E-state index contributed by atoms with van der Waals surface area (Å²) in [7, 11) is 0. The molecule has 12 heavy (non-hydrogen) atoms. The quantitative estimate of drug-likeness (QED) is 0.568. The lowest BCUT2D eigenvalue weighted by Crippen LogP contribution is -2.56. The van der Waals surface area contributed by atoms with E-state index in [1.807, 2.05) is 0 Å². The third-order valence-corrected chi connectivity index (χ3v) is 3.19. The van der Waals surface area contributed by atoms with Crippen molar-refractivity contribution in [3.05, 3.63) is 0 Å². The van der Waals surface area contributed by atoms with Crippen LogP contribution in [0, 0.1) is 5.92 Å². The van der Waals surface area contributed by atoms with E-state index in [0.717, 1.165) is 24.3 Å². The van der Waals surface area contributed by atoms with E-state index in [0.29, 0.717) is 18.8 Å². The van der Waals surface area contributed by atoms with Crippen molar-refractivity contribution < 1.29 is 9.60 Å². The topological polar surface area (TPSA) is 23.5 Å². The predicted molar refractivity (Wildman–Crippen MR) is 43.5 cm³/mol. The zero-order valence-corrected chi connectivity index (χ0v) is 7.46. The molecule has 2 rings (SSSR count). The van der Waals surface area contributed by atoms with E-state index in [9.17, 15) is 9.60 Å². The van der Waals surface area contributed by atoms with Crippen LogP contribution in [0.3, 0.4) is 0 Å². The second-order valence-electron chi connectivity index (χ2n) is 4.35. The predicted octanol–water partition coefficient (Wildman–Crippen LogP) is 2.33. The third kappa shape index (κ3) is 1.15. The molecule has 2 fully saturated rings. The largest absolute Gasteiger partial charge is 0.311 e. The minimum Gasteiger partial charge on any atom is -0.311 e. The average molecular weight is 173 g/mol. The van der Waals surface area contributed by atoms with Crippen LogP contribution in [0.1, 0.15) is 39.0 Å². The minimum absolute atomic E-state index is 0.0764. The highest BCUT2D eigenvalue weighted by Gasteiger charge is 2.48. The molecule has 2 aliphatic heterocycles. The fourth-order valence-corrected chi connectivity index (χ4v) is 2.67. The summed E-state index contributed by atoms with van der Waals surface area (Å²) in [5.41, 5.74) is 0. The van der Waals surface area contributed by atoms with Gasteiger partial charge in [0, 0.05) is 6.04 Å². The normalized spacial score (nSPS) is 49.2. The van der Waals surface area contributed by atoms with E-state index in [4.69, 9.17) is 0 Å². The molecule has 2 aliphatic rings. The van der Waals surface area contributed by atoms with Gasteiger partial charge < -0.3 is 5.21 Å². The van der Waals surface area contributed by atoms with Gasteiger partial charge in [-0.1, -0.05) is 6.92 Å². The molecule has 2 heterocycles. The first-order valence-electron chi connectivity index (χ1n) is 4.79. The van der Waals surface area contributed by atoms with Crippen molar-refractivity contribution in [2.75, 3.05) is 0 Å². The van der Waals surface area contributed by atoms with Crippen LogP contribution in [0.2, 0.25) is 0 Å². The Labute approximate surface area is 72.3 Å². The zero-order chi connectivity index (χ0) is 8.77. The maximum Gasteiger partial charge on any atom is 0.185 e.